The number of nitrogens with zero attached hydrogens (tertiary/aromatic N) is 1. The molecule has 0 spiro atoms. The zero-order valence-corrected chi connectivity index (χ0v) is 58.0. The van der Waals surface area contributed by atoms with E-state index >= 15 is 0 Å². The summed E-state index contributed by atoms with van der Waals surface area (Å²) in [5, 5.41) is 49.9. The third-order valence-corrected chi connectivity index (χ3v) is 17.6. The van der Waals surface area contributed by atoms with E-state index in [4.69, 9.17) is 15.3 Å². The van der Waals surface area contributed by atoms with Crippen LogP contribution in [0.1, 0.15) is 408 Å². The average molecular weight is 1240 g/mol. The Bertz CT molecular complexity index is 1540. The summed E-state index contributed by atoms with van der Waals surface area (Å²) in [7, 11) is 0. The Kier molecular flexibility index (Phi) is 69.5. The lowest BCUT2D eigenvalue weighted by molar-refractivity contribution is -0.167. The Balaban J connectivity index is -0.00000159. The van der Waals surface area contributed by atoms with Gasteiger partial charge in [-0.15, -0.1) is 0 Å². The quantitative estimate of drug-likeness (QED) is 0.0315. The third-order valence-electron chi connectivity index (χ3n) is 17.6. The number of carbonyl (C=O) groups excluding carboxylic acids is 2. The number of aliphatic hydroxyl groups is 1. The molecule has 0 rings (SSSR count). The second-order valence-electron chi connectivity index (χ2n) is 25.8. The molecule has 0 aliphatic carbocycles. The van der Waals surface area contributed by atoms with E-state index in [-0.39, 0.29) is 31.1 Å². The van der Waals surface area contributed by atoms with Crippen molar-refractivity contribution in [3.8, 4) is 0 Å². The van der Waals surface area contributed by atoms with Gasteiger partial charge in [0.25, 0.3) is 0 Å². The van der Waals surface area contributed by atoms with Crippen LogP contribution in [0.2, 0.25) is 0 Å². The van der Waals surface area contributed by atoms with Crippen molar-refractivity contribution in [3.05, 3.63) is 0 Å². The van der Waals surface area contributed by atoms with Gasteiger partial charge in [0, 0.05) is 38.3 Å². The standard InChI is InChI=1S/C45H87NO5.C17H31NO5.C12H26O/c1-5-9-13-17-21-23-25-27-31-35-39-46(42(47)37-33-29-26-24-22-18-14-10-6-2)45(44(50)51,38-34-30-20-16-12-8-4)41(40-43(48)49)36-32-28-19-15-11-7-3;1-2-3-4-5-6-7-8-9-10-11-15(19)18-14(17(22)23)12-13-16(20)21;1-2-3-4-5-6-7-8-9-10-11-12-13/h41H,5-40H2,1-4H3,(H,48,49)(H,50,51);14H,2-13H2,1H3,(H,18,19)(H,20,21)(H,22,23);13H,2-12H2,1H3/t41?,45-;14-;/m00./s1. The molecule has 2 amide bonds. The van der Waals surface area contributed by atoms with Crippen LogP contribution >= 0.6 is 0 Å². The largest absolute Gasteiger partial charge is 0.481 e. The minimum absolute atomic E-state index is 0.0689. The van der Waals surface area contributed by atoms with Crippen molar-refractivity contribution in [1.82, 2.24) is 10.2 Å². The van der Waals surface area contributed by atoms with Gasteiger partial charge in [0.1, 0.15) is 11.6 Å². The predicted molar refractivity (Wildman–Crippen MR) is 365 cm³/mol. The number of hydrogen-bond donors (Lipinski definition) is 6. The number of carboxylic acid groups (broad SMARTS) is 4. The summed E-state index contributed by atoms with van der Waals surface area (Å²) in [5.74, 6) is -5.17. The molecule has 0 saturated heterocycles. The summed E-state index contributed by atoms with van der Waals surface area (Å²) in [6, 6.07) is -1.11. The first-order valence-electron chi connectivity index (χ1n) is 37.3. The number of nitrogens with one attached hydrogen (secondary N) is 1. The number of amides is 2. The molecular formula is C74H144N2O11. The minimum Gasteiger partial charge on any atom is -0.481 e. The van der Waals surface area contributed by atoms with Crippen molar-refractivity contribution in [2.45, 2.75) is 419 Å². The Morgan fingerprint density at radius 3 is 1.01 bits per heavy atom. The van der Waals surface area contributed by atoms with Crippen LogP contribution in [-0.2, 0) is 28.8 Å². The molecule has 13 heteroatoms. The van der Waals surface area contributed by atoms with E-state index in [1.807, 2.05) is 0 Å². The van der Waals surface area contributed by atoms with Crippen molar-refractivity contribution in [2.24, 2.45) is 5.92 Å². The fourth-order valence-corrected chi connectivity index (χ4v) is 12.0. The highest BCUT2D eigenvalue weighted by Gasteiger charge is 2.52. The summed E-state index contributed by atoms with van der Waals surface area (Å²) < 4.78 is 0. The molecule has 87 heavy (non-hydrogen) atoms. The summed E-state index contributed by atoms with van der Waals surface area (Å²) >= 11 is 0. The van der Waals surface area contributed by atoms with Crippen molar-refractivity contribution in [1.29, 1.82) is 0 Å². The SMILES string of the molecule is CCCCCCCCCCCC(=O)N[C@@H](CCC(=O)O)C(=O)O.CCCCCCCCCCCCN(C(=O)CCCCCCCCCCC)[C@](CCCCCCCC)(C(=O)O)C(CCCCCCCC)CC(=O)O.CCCCCCCCCCCCO. The van der Waals surface area contributed by atoms with Crippen LogP contribution in [0.4, 0.5) is 0 Å². The van der Waals surface area contributed by atoms with Gasteiger partial charge in [-0.05, 0) is 44.9 Å². The molecule has 0 aromatic rings. The molecule has 0 radical (unpaired) electrons. The van der Waals surface area contributed by atoms with E-state index in [9.17, 15) is 39.0 Å². The highest BCUT2D eigenvalue weighted by Crippen LogP contribution is 2.39. The number of carbonyl (C=O) groups is 6. The van der Waals surface area contributed by atoms with Gasteiger partial charge < -0.3 is 35.7 Å². The normalized spacial score (nSPS) is 12.5. The second-order valence-corrected chi connectivity index (χ2v) is 25.8. The molecular weight excluding hydrogens is 1090 g/mol. The average Bonchev–Trinajstić information content (AvgIpc) is 1.34. The van der Waals surface area contributed by atoms with Gasteiger partial charge in [0.15, 0.2) is 0 Å². The molecule has 6 N–H and O–H groups in total. The zero-order valence-electron chi connectivity index (χ0n) is 58.0. The van der Waals surface area contributed by atoms with E-state index in [0.717, 1.165) is 122 Å². The van der Waals surface area contributed by atoms with E-state index < -0.39 is 41.4 Å². The highest BCUT2D eigenvalue weighted by atomic mass is 16.4. The Morgan fingerprint density at radius 1 is 0.356 bits per heavy atom. The maximum absolute atomic E-state index is 14.3. The molecule has 0 aromatic carbocycles. The van der Waals surface area contributed by atoms with Crippen LogP contribution in [0, 0.1) is 5.92 Å². The third kappa shape index (κ3) is 57.7. The fourth-order valence-electron chi connectivity index (χ4n) is 12.0. The first-order valence-corrected chi connectivity index (χ1v) is 37.3. The first-order chi connectivity index (χ1) is 42.2. The zero-order chi connectivity index (χ0) is 65.1. The molecule has 0 aromatic heterocycles. The van der Waals surface area contributed by atoms with Gasteiger partial charge in [0.2, 0.25) is 11.8 Å². The maximum atomic E-state index is 14.3. The minimum atomic E-state index is -1.47. The topological polar surface area (TPSA) is 219 Å². The van der Waals surface area contributed by atoms with Crippen LogP contribution in [0.5, 0.6) is 0 Å². The van der Waals surface area contributed by atoms with Crippen molar-refractivity contribution >= 4 is 35.7 Å². The molecule has 0 fully saturated rings. The van der Waals surface area contributed by atoms with Gasteiger partial charge in [0.05, 0.1) is 6.42 Å². The molecule has 3 atom stereocenters. The number of aliphatic hydroxyl groups excluding tert-OH is 1. The van der Waals surface area contributed by atoms with E-state index in [1.165, 1.54) is 193 Å². The Morgan fingerprint density at radius 2 is 0.678 bits per heavy atom. The molecule has 13 nitrogen and oxygen atoms in total. The van der Waals surface area contributed by atoms with Crippen LogP contribution < -0.4 is 5.32 Å². The van der Waals surface area contributed by atoms with Gasteiger partial charge >= 0.3 is 23.9 Å². The molecule has 0 bridgehead atoms. The van der Waals surface area contributed by atoms with E-state index in [2.05, 4.69) is 46.9 Å². The van der Waals surface area contributed by atoms with Crippen LogP contribution in [0.25, 0.3) is 0 Å². The van der Waals surface area contributed by atoms with E-state index in [1.54, 1.807) is 4.90 Å². The summed E-state index contributed by atoms with van der Waals surface area (Å²) in [6.07, 6.45) is 59.4. The molecule has 0 saturated carbocycles. The fraction of sp³-hybridized carbons (Fsp3) is 0.919. The molecule has 516 valence electrons. The van der Waals surface area contributed by atoms with E-state index in [0.29, 0.717) is 45.3 Å². The lowest BCUT2D eigenvalue weighted by Crippen LogP contribution is -2.62. The van der Waals surface area contributed by atoms with Crippen LogP contribution in [0.3, 0.4) is 0 Å². The first kappa shape index (κ1) is 88.0. The maximum Gasteiger partial charge on any atom is 0.329 e. The lowest BCUT2D eigenvalue weighted by Gasteiger charge is -2.46. The Labute approximate surface area is 536 Å². The smallest absolute Gasteiger partial charge is 0.329 e. The van der Waals surface area contributed by atoms with Crippen LogP contribution in [-0.4, -0.2) is 90.9 Å². The summed E-state index contributed by atoms with van der Waals surface area (Å²) in [5.41, 5.74) is -1.47. The number of unbranched alkanes of at least 4 members (excludes halogenated alkanes) is 44. The summed E-state index contributed by atoms with van der Waals surface area (Å²) in [6.45, 7) is 14.1. The highest BCUT2D eigenvalue weighted by molar-refractivity contribution is 5.88. The van der Waals surface area contributed by atoms with Gasteiger partial charge in [-0.2, -0.15) is 0 Å². The summed E-state index contributed by atoms with van der Waals surface area (Å²) in [4.78, 5) is 75.3. The number of rotatable bonds is 65. The van der Waals surface area contributed by atoms with Crippen LogP contribution in [0.15, 0.2) is 0 Å². The predicted octanol–water partition coefficient (Wildman–Crippen LogP) is 21.3. The molecule has 0 aliphatic rings. The number of hydrogen-bond acceptors (Lipinski definition) is 7. The number of carboxylic acids is 4. The van der Waals surface area contributed by atoms with Gasteiger partial charge in [-0.1, -0.05) is 337 Å². The lowest BCUT2D eigenvalue weighted by atomic mass is 9.73. The molecule has 0 aliphatic heterocycles. The molecule has 0 heterocycles. The Hall–Kier alpha value is -3.22. The second kappa shape index (κ2) is 68.7. The molecule has 1 unspecified atom stereocenters. The van der Waals surface area contributed by atoms with Gasteiger partial charge in [-0.3, -0.25) is 19.2 Å². The van der Waals surface area contributed by atoms with Gasteiger partial charge in [-0.25, -0.2) is 9.59 Å². The van der Waals surface area contributed by atoms with Crippen molar-refractivity contribution in [3.63, 3.8) is 0 Å². The monoisotopic (exact) mass is 1240 g/mol. The van der Waals surface area contributed by atoms with Crippen molar-refractivity contribution < 1.29 is 54.3 Å². The number of aliphatic carboxylic acids is 4. The van der Waals surface area contributed by atoms with Crippen molar-refractivity contribution in [2.75, 3.05) is 13.2 Å².